The Balaban J connectivity index is 1.83. The van der Waals surface area contributed by atoms with E-state index in [-0.39, 0.29) is 11.6 Å². The van der Waals surface area contributed by atoms with E-state index in [1.807, 2.05) is 31.2 Å². The molecular formula is C18H20N6O. The van der Waals surface area contributed by atoms with Gasteiger partial charge in [0.25, 0.3) is 5.56 Å². The molecule has 4 rings (SSSR count). The maximum atomic E-state index is 12.3. The average molecular weight is 336 g/mol. The first-order valence-corrected chi connectivity index (χ1v) is 8.34. The van der Waals surface area contributed by atoms with E-state index in [0.29, 0.717) is 22.7 Å². The summed E-state index contributed by atoms with van der Waals surface area (Å²) >= 11 is 0. The maximum Gasteiger partial charge on any atom is 0.261 e. The van der Waals surface area contributed by atoms with Gasteiger partial charge in [0.2, 0.25) is 5.95 Å². The van der Waals surface area contributed by atoms with E-state index in [9.17, 15) is 4.79 Å². The first-order chi connectivity index (χ1) is 12.1. The Kier molecular flexibility index (Phi) is 3.85. The molecule has 2 aromatic heterocycles. The number of aromatic amines is 1. The molecule has 0 bridgehead atoms. The van der Waals surface area contributed by atoms with Gasteiger partial charge in [0.15, 0.2) is 0 Å². The molecule has 0 saturated carbocycles. The van der Waals surface area contributed by atoms with Crippen LogP contribution in [0.5, 0.6) is 0 Å². The summed E-state index contributed by atoms with van der Waals surface area (Å²) in [6, 6.07) is 9.87. The zero-order chi connectivity index (χ0) is 17.4. The van der Waals surface area contributed by atoms with Crippen molar-refractivity contribution in [1.82, 2.24) is 15.0 Å². The quantitative estimate of drug-likeness (QED) is 0.675. The van der Waals surface area contributed by atoms with Gasteiger partial charge in [-0.1, -0.05) is 12.1 Å². The molecule has 4 N–H and O–H groups in total. The van der Waals surface area contributed by atoms with Gasteiger partial charge in [-0.25, -0.2) is 4.98 Å². The molecule has 0 unspecified atom stereocenters. The Morgan fingerprint density at radius 1 is 1.32 bits per heavy atom. The van der Waals surface area contributed by atoms with Gasteiger partial charge in [0.1, 0.15) is 11.2 Å². The highest BCUT2D eigenvalue weighted by atomic mass is 16.1. The van der Waals surface area contributed by atoms with Crippen molar-refractivity contribution in [1.29, 1.82) is 0 Å². The number of nitrogens with one attached hydrogen (secondary N) is 2. The van der Waals surface area contributed by atoms with Crippen molar-refractivity contribution in [3.8, 4) is 0 Å². The SMILES string of the molecule is Cc1cccc(Nc2nc(N3CC[C@@H](N)C3)nc3cc[nH]c(=O)c23)c1. The molecule has 25 heavy (non-hydrogen) atoms. The Hall–Kier alpha value is -2.93. The number of anilines is 3. The summed E-state index contributed by atoms with van der Waals surface area (Å²) in [4.78, 5) is 26.3. The van der Waals surface area contributed by atoms with Gasteiger partial charge in [0.05, 0.1) is 5.52 Å². The van der Waals surface area contributed by atoms with Crippen LogP contribution in [0.1, 0.15) is 12.0 Å². The van der Waals surface area contributed by atoms with Crippen molar-refractivity contribution in [3.63, 3.8) is 0 Å². The van der Waals surface area contributed by atoms with Crippen molar-refractivity contribution in [3.05, 3.63) is 52.4 Å². The van der Waals surface area contributed by atoms with Crippen molar-refractivity contribution in [2.24, 2.45) is 5.73 Å². The molecule has 1 aliphatic rings. The number of hydrogen-bond acceptors (Lipinski definition) is 6. The Morgan fingerprint density at radius 3 is 2.96 bits per heavy atom. The van der Waals surface area contributed by atoms with Crippen LogP contribution < -0.4 is 21.5 Å². The Bertz CT molecular complexity index is 983. The van der Waals surface area contributed by atoms with Crippen molar-refractivity contribution in [2.75, 3.05) is 23.3 Å². The molecule has 1 aromatic carbocycles. The second-order valence-electron chi connectivity index (χ2n) is 6.43. The topological polar surface area (TPSA) is 99.9 Å². The highest BCUT2D eigenvalue weighted by molar-refractivity contribution is 5.91. The largest absolute Gasteiger partial charge is 0.339 e. The molecule has 3 aromatic rings. The highest BCUT2D eigenvalue weighted by Crippen LogP contribution is 2.25. The molecule has 0 aliphatic carbocycles. The van der Waals surface area contributed by atoms with Crippen LogP contribution in [0.4, 0.5) is 17.5 Å². The third-order valence-corrected chi connectivity index (χ3v) is 4.40. The summed E-state index contributed by atoms with van der Waals surface area (Å²) in [7, 11) is 0. The van der Waals surface area contributed by atoms with Gasteiger partial charge in [-0.3, -0.25) is 4.79 Å². The second-order valence-corrected chi connectivity index (χ2v) is 6.43. The molecule has 0 spiro atoms. The van der Waals surface area contributed by atoms with Crippen molar-refractivity contribution in [2.45, 2.75) is 19.4 Å². The fourth-order valence-corrected chi connectivity index (χ4v) is 3.14. The van der Waals surface area contributed by atoms with Crippen LogP contribution >= 0.6 is 0 Å². The Morgan fingerprint density at radius 2 is 2.20 bits per heavy atom. The maximum absolute atomic E-state index is 12.3. The Labute approximate surface area is 144 Å². The lowest BCUT2D eigenvalue weighted by Crippen LogP contribution is -2.28. The predicted octanol–water partition coefficient (Wildman–Crippen LogP) is 1.91. The van der Waals surface area contributed by atoms with E-state index in [2.05, 4.69) is 25.2 Å². The van der Waals surface area contributed by atoms with E-state index in [1.54, 1.807) is 12.3 Å². The van der Waals surface area contributed by atoms with Crippen LogP contribution in [-0.4, -0.2) is 34.1 Å². The number of fused-ring (bicyclic) bond motifs is 1. The first-order valence-electron chi connectivity index (χ1n) is 8.34. The van der Waals surface area contributed by atoms with Gasteiger partial charge < -0.3 is 20.9 Å². The molecule has 128 valence electrons. The fourth-order valence-electron chi connectivity index (χ4n) is 3.14. The molecule has 1 atom stereocenters. The lowest BCUT2D eigenvalue weighted by atomic mass is 10.2. The fraction of sp³-hybridized carbons (Fsp3) is 0.278. The van der Waals surface area contributed by atoms with Gasteiger partial charge >= 0.3 is 0 Å². The third-order valence-electron chi connectivity index (χ3n) is 4.40. The zero-order valence-corrected chi connectivity index (χ0v) is 14.0. The minimum absolute atomic E-state index is 0.131. The van der Waals surface area contributed by atoms with Gasteiger partial charge in [-0.05, 0) is 37.1 Å². The first kappa shape index (κ1) is 15.6. The normalized spacial score (nSPS) is 17.2. The molecule has 0 radical (unpaired) electrons. The number of pyridine rings is 1. The van der Waals surface area contributed by atoms with Crippen LogP contribution in [-0.2, 0) is 0 Å². The molecule has 7 heteroatoms. The summed E-state index contributed by atoms with van der Waals surface area (Å²) in [6.07, 6.45) is 2.52. The smallest absolute Gasteiger partial charge is 0.261 e. The number of benzene rings is 1. The van der Waals surface area contributed by atoms with E-state index in [0.717, 1.165) is 30.8 Å². The van der Waals surface area contributed by atoms with Gasteiger partial charge in [0, 0.05) is 31.0 Å². The van der Waals surface area contributed by atoms with Crippen LogP contribution in [0.3, 0.4) is 0 Å². The third kappa shape index (κ3) is 3.06. The number of aryl methyl sites for hydroxylation is 1. The summed E-state index contributed by atoms with van der Waals surface area (Å²) in [6.45, 7) is 3.56. The summed E-state index contributed by atoms with van der Waals surface area (Å²) in [5.41, 5.74) is 8.42. The van der Waals surface area contributed by atoms with Crippen LogP contribution in [0.25, 0.3) is 10.9 Å². The average Bonchev–Trinajstić information content (AvgIpc) is 3.01. The number of nitrogens with two attached hydrogens (primary N) is 1. The van der Waals surface area contributed by atoms with Crippen molar-refractivity contribution < 1.29 is 0 Å². The standard InChI is InChI=1S/C18H20N6O/c1-11-3-2-4-13(9-11)21-16-15-14(5-7-20-17(15)25)22-18(23-16)24-8-6-12(19)10-24/h2-5,7,9,12H,6,8,10,19H2,1H3,(H,20,25)(H,21,22,23)/t12-/m1/s1. The van der Waals surface area contributed by atoms with Crippen LogP contribution in [0, 0.1) is 6.92 Å². The molecule has 7 nitrogen and oxygen atoms in total. The van der Waals surface area contributed by atoms with Crippen LogP contribution in [0.15, 0.2) is 41.3 Å². The molecule has 1 aliphatic heterocycles. The number of hydrogen-bond donors (Lipinski definition) is 3. The van der Waals surface area contributed by atoms with Gasteiger partial charge in [-0.15, -0.1) is 0 Å². The van der Waals surface area contributed by atoms with E-state index >= 15 is 0 Å². The molecule has 3 heterocycles. The van der Waals surface area contributed by atoms with E-state index < -0.39 is 0 Å². The van der Waals surface area contributed by atoms with Gasteiger partial charge in [-0.2, -0.15) is 4.98 Å². The molecule has 1 saturated heterocycles. The zero-order valence-electron chi connectivity index (χ0n) is 14.0. The van der Waals surface area contributed by atoms with Crippen LogP contribution in [0.2, 0.25) is 0 Å². The summed E-state index contributed by atoms with van der Waals surface area (Å²) < 4.78 is 0. The number of nitrogens with zero attached hydrogens (tertiary/aromatic N) is 3. The molecule has 1 fully saturated rings. The lowest BCUT2D eigenvalue weighted by molar-refractivity contribution is 0.750. The number of aromatic nitrogens is 3. The van der Waals surface area contributed by atoms with Crippen molar-refractivity contribution >= 4 is 28.4 Å². The number of H-pyrrole nitrogens is 1. The second kappa shape index (κ2) is 6.18. The van der Waals surface area contributed by atoms with E-state index in [1.165, 1.54) is 0 Å². The predicted molar refractivity (Wildman–Crippen MR) is 99.4 cm³/mol. The molecule has 0 amide bonds. The minimum Gasteiger partial charge on any atom is -0.339 e. The highest BCUT2D eigenvalue weighted by Gasteiger charge is 2.23. The minimum atomic E-state index is -0.211. The van der Waals surface area contributed by atoms with E-state index in [4.69, 9.17) is 5.73 Å². The summed E-state index contributed by atoms with van der Waals surface area (Å²) in [5.74, 6) is 1.11. The number of rotatable bonds is 3. The lowest BCUT2D eigenvalue weighted by Gasteiger charge is -2.18. The summed E-state index contributed by atoms with van der Waals surface area (Å²) in [5, 5.41) is 3.73. The molecular weight excluding hydrogens is 316 g/mol. The monoisotopic (exact) mass is 336 g/mol.